The van der Waals surface area contributed by atoms with Crippen LogP contribution in [-0.2, 0) is 4.84 Å². The summed E-state index contributed by atoms with van der Waals surface area (Å²) in [7, 11) is 0. The molecular formula is C8H13N3O6S. The van der Waals surface area contributed by atoms with Crippen molar-refractivity contribution in [3.05, 3.63) is 10.1 Å². The molecule has 0 saturated carbocycles. The van der Waals surface area contributed by atoms with Crippen LogP contribution >= 0.6 is 11.8 Å². The van der Waals surface area contributed by atoms with Gasteiger partial charge in [-0.3, -0.25) is 9.69 Å². The third kappa shape index (κ3) is 3.65. The van der Waals surface area contributed by atoms with Gasteiger partial charge in [0.15, 0.2) is 0 Å². The molecule has 1 aliphatic rings. The molecule has 1 rings (SSSR count). The van der Waals surface area contributed by atoms with E-state index in [0.717, 1.165) is 16.7 Å². The van der Waals surface area contributed by atoms with Crippen LogP contribution in [0.1, 0.15) is 13.3 Å². The van der Waals surface area contributed by atoms with E-state index in [1.807, 2.05) is 0 Å². The predicted octanol–water partition coefficient (Wildman–Crippen LogP) is 0.736. The molecule has 2 amide bonds. The Morgan fingerprint density at radius 3 is 2.89 bits per heavy atom. The summed E-state index contributed by atoms with van der Waals surface area (Å²) in [6.45, 7) is 1.33. The van der Waals surface area contributed by atoms with Crippen LogP contribution in [-0.4, -0.2) is 51.0 Å². The van der Waals surface area contributed by atoms with E-state index in [1.165, 1.54) is 0 Å². The number of hydrogen-bond donors (Lipinski definition) is 2. The highest BCUT2D eigenvalue weighted by atomic mass is 32.2. The van der Waals surface area contributed by atoms with Gasteiger partial charge in [0.25, 0.3) is 10.3 Å². The maximum atomic E-state index is 11.2. The number of nitrogens with one attached hydrogen (secondary N) is 1. The zero-order chi connectivity index (χ0) is 13.7. The van der Waals surface area contributed by atoms with E-state index in [9.17, 15) is 19.7 Å². The SMILES string of the molecule is CC[C@@H](CO[N+](=O)[O-])N(C(=O)O)[C@@H]1CSC(=O)N1. The van der Waals surface area contributed by atoms with Gasteiger partial charge in [0.05, 0.1) is 6.04 Å². The lowest BCUT2D eigenvalue weighted by Gasteiger charge is -2.32. The van der Waals surface area contributed by atoms with Crippen molar-refractivity contribution >= 4 is 23.1 Å². The first-order chi connectivity index (χ1) is 8.45. The second-order valence-corrected chi connectivity index (χ2v) is 4.52. The minimum absolute atomic E-state index is 0.278. The van der Waals surface area contributed by atoms with Crippen molar-refractivity contribution in [1.82, 2.24) is 10.2 Å². The van der Waals surface area contributed by atoms with Crippen LogP contribution in [0.15, 0.2) is 0 Å². The molecule has 0 aromatic heterocycles. The molecule has 9 nitrogen and oxygen atoms in total. The Kier molecular flexibility index (Phi) is 5.01. The van der Waals surface area contributed by atoms with Gasteiger partial charge in [-0.05, 0) is 6.42 Å². The highest BCUT2D eigenvalue weighted by Crippen LogP contribution is 2.19. The maximum Gasteiger partial charge on any atom is 0.409 e. The van der Waals surface area contributed by atoms with Gasteiger partial charge in [-0.2, -0.15) is 0 Å². The standard InChI is InChI=1S/C8H13N3O6S/c1-2-5(3-17-11(15)16)10(8(13)14)6-4-18-7(12)9-6/h5-6H,2-4H2,1H3,(H,9,12)(H,13,14)/t5-,6+/m0/s1. The quantitative estimate of drug-likeness (QED) is 0.543. The van der Waals surface area contributed by atoms with Crippen LogP contribution in [0.2, 0.25) is 0 Å². The number of rotatable bonds is 6. The molecule has 10 heteroatoms. The normalized spacial score (nSPS) is 20.1. The van der Waals surface area contributed by atoms with Crippen LogP contribution in [0.25, 0.3) is 0 Å². The van der Waals surface area contributed by atoms with Crippen molar-refractivity contribution in [3.63, 3.8) is 0 Å². The maximum absolute atomic E-state index is 11.2. The molecule has 0 unspecified atom stereocenters. The zero-order valence-electron chi connectivity index (χ0n) is 9.57. The first-order valence-corrected chi connectivity index (χ1v) is 6.16. The van der Waals surface area contributed by atoms with Crippen LogP contribution in [0.4, 0.5) is 9.59 Å². The fourth-order valence-electron chi connectivity index (χ4n) is 1.61. The molecule has 0 aliphatic carbocycles. The summed E-state index contributed by atoms with van der Waals surface area (Å²) in [6, 6.07) is -0.683. The molecule has 0 bridgehead atoms. The second kappa shape index (κ2) is 6.28. The Balaban J connectivity index is 2.71. The molecule has 0 spiro atoms. The molecule has 0 aromatic rings. The van der Waals surface area contributed by atoms with Crippen LogP contribution in [0, 0.1) is 10.1 Å². The van der Waals surface area contributed by atoms with Gasteiger partial charge in [-0.1, -0.05) is 18.7 Å². The first-order valence-electron chi connectivity index (χ1n) is 5.17. The van der Waals surface area contributed by atoms with Crippen LogP contribution < -0.4 is 5.32 Å². The molecule has 2 atom stereocenters. The highest BCUT2D eigenvalue weighted by Gasteiger charge is 2.35. The molecule has 1 heterocycles. The highest BCUT2D eigenvalue weighted by molar-refractivity contribution is 8.13. The minimum Gasteiger partial charge on any atom is -0.465 e. The lowest BCUT2D eigenvalue weighted by atomic mass is 10.2. The summed E-state index contributed by atoms with van der Waals surface area (Å²) in [4.78, 5) is 37.6. The second-order valence-electron chi connectivity index (χ2n) is 3.53. The Morgan fingerprint density at radius 1 is 1.83 bits per heavy atom. The van der Waals surface area contributed by atoms with Crippen molar-refractivity contribution in [1.29, 1.82) is 0 Å². The molecule has 1 saturated heterocycles. The monoisotopic (exact) mass is 279 g/mol. The van der Waals surface area contributed by atoms with E-state index < -0.39 is 23.4 Å². The fourth-order valence-corrected chi connectivity index (χ4v) is 2.38. The number of hydrogen-bond acceptors (Lipinski definition) is 6. The first kappa shape index (κ1) is 14.4. The van der Waals surface area contributed by atoms with Crippen LogP contribution in [0.5, 0.6) is 0 Å². The molecule has 1 fully saturated rings. The Hall–Kier alpha value is -1.71. The average molecular weight is 279 g/mol. The topological polar surface area (TPSA) is 122 Å². The minimum atomic E-state index is -1.25. The van der Waals surface area contributed by atoms with E-state index in [0.29, 0.717) is 6.42 Å². The van der Waals surface area contributed by atoms with E-state index in [1.54, 1.807) is 6.92 Å². The average Bonchev–Trinajstić information content (AvgIpc) is 2.69. The summed E-state index contributed by atoms with van der Waals surface area (Å²) < 4.78 is 0. The Labute approximate surface area is 107 Å². The van der Waals surface area contributed by atoms with E-state index >= 15 is 0 Å². The third-order valence-corrected chi connectivity index (χ3v) is 3.31. The smallest absolute Gasteiger partial charge is 0.409 e. The summed E-state index contributed by atoms with van der Waals surface area (Å²) in [5, 5.41) is 20.5. The lowest BCUT2D eigenvalue weighted by molar-refractivity contribution is -0.758. The molecule has 1 aliphatic heterocycles. The number of amides is 2. The van der Waals surface area contributed by atoms with Crippen LogP contribution in [0.3, 0.4) is 0 Å². The van der Waals surface area contributed by atoms with Crippen molar-refractivity contribution in [2.45, 2.75) is 25.6 Å². The van der Waals surface area contributed by atoms with E-state index in [4.69, 9.17) is 5.11 Å². The van der Waals surface area contributed by atoms with Gasteiger partial charge >= 0.3 is 6.09 Å². The van der Waals surface area contributed by atoms with Gasteiger partial charge < -0.3 is 15.3 Å². The summed E-state index contributed by atoms with van der Waals surface area (Å²) in [5.74, 6) is 0.278. The number of nitrogens with zero attached hydrogens (tertiary/aromatic N) is 2. The van der Waals surface area contributed by atoms with E-state index in [2.05, 4.69) is 10.2 Å². The predicted molar refractivity (Wildman–Crippen MR) is 61.7 cm³/mol. The molecule has 2 N–H and O–H groups in total. The van der Waals surface area contributed by atoms with E-state index in [-0.39, 0.29) is 17.6 Å². The van der Waals surface area contributed by atoms with Gasteiger partial charge in [0, 0.05) is 5.75 Å². The molecule has 0 radical (unpaired) electrons. The number of carbonyl (C=O) groups excluding carboxylic acids is 1. The lowest BCUT2D eigenvalue weighted by Crippen LogP contribution is -2.53. The van der Waals surface area contributed by atoms with Crippen molar-refractivity contribution < 1.29 is 24.6 Å². The largest absolute Gasteiger partial charge is 0.465 e. The Morgan fingerprint density at radius 2 is 2.50 bits per heavy atom. The summed E-state index contributed by atoms with van der Waals surface area (Å²) in [6.07, 6.45) is -1.58. The van der Waals surface area contributed by atoms with Crippen molar-refractivity contribution in [3.8, 4) is 0 Å². The molecule has 102 valence electrons. The number of carboxylic acid groups (broad SMARTS) is 1. The van der Waals surface area contributed by atoms with Crippen molar-refractivity contribution in [2.75, 3.05) is 12.4 Å². The van der Waals surface area contributed by atoms with Gasteiger partial charge in [0.1, 0.15) is 12.8 Å². The molecule has 0 aromatic carbocycles. The number of carbonyl (C=O) groups is 2. The summed E-state index contributed by atoms with van der Waals surface area (Å²) >= 11 is 0.974. The Bertz CT molecular complexity index is 352. The zero-order valence-corrected chi connectivity index (χ0v) is 10.4. The van der Waals surface area contributed by atoms with Gasteiger partial charge in [-0.15, -0.1) is 10.1 Å². The fraction of sp³-hybridized carbons (Fsp3) is 0.750. The third-order valence-electron chi connectivity index (χ3n) is 2.45. The van der Waals surface area contributed by atoms with Gasteiger partial charge in [-0.25, -0.2) is 4.79 Å². The van der Waals surface area contributed by atoms with Gasteiger partial charge in [0.2, 0.25) is 0 Å². The van der Waals surface area contributed by atoms with Crippen molar-refractivity contribution in [2.24, 2.45) is 0 Å². The number of thioether (sulfide) groups is 1. The molecular weight excluding hydrogens is 266 g/mol. The summed E-state index contributed by atoms with van der Waals surface area (Å²) in [5.41, 5.74) is 0. The molecule has 18 heavy (non-hydrogen) atoms.